The van der Waals surface area contributed by atoms with Crippen molar-refractivity contribution in [2.45, 2.75) is 23.5 Å². The number of benzene rings is 2. The van der Waals surface area contributed by atoms with Gasteiger partial charge in [0, 0.05) is 12.0 Å². The molecular formula is C15H12O4S. The maximum atomic E-state index is 12.3. The van der Waals surface area contributed by atoms with Crippen LogP contribution in [0, 0.1) is 0 Å². The van der Waals surface area contributed by atoms with Crippen molar-refractivity contribution in [3.63, 3.8) is 0 Å². The minimum Gasteiger partial charge on any atom is -0.455 e. The summed E-state index contributed by atoms with van der Waals surface area (Å²) in [6.07, 6.45) is 1.24. The van der Waals surface area contributed by atoms with Crippen LogP contribution in [0.4, 0.5) is 0 Å². The van der Waals surface area contributed by atoms with E-state index in [-0.39, 0.29) is 4.90 Å². The predicted octanol–water partition coefficient (Wildman–Crippen LogP) is 2.58. The fraction of sp³-hybridized carbons (Fsp3) is 0.200. The lowest BCUT2D eigenvalue weighted by Crippen LogP contribution is -2.40. The van der Waals surface area contributed by atoms with E-state index < -0.39 is 15.9 Å². The van der Waals surface area contributed by atoms with Gasteiger partial charge in [-0.05, 0) is 24.1 Å². The quantitative estimate of drug-likeness (QED) is 0.699. The Morgan fingerprint density at radius 2 is 1.75 bits per heavy atom. The first-order valence-electron chi connectivity index (χ1n) is 6.43. The van der Waals surface area contributed by atoms with Gasteiger partial charge in [-0.25, -0.2) is 4.18 Å². The zero-order valence-electron chi connectivity index (χ0n) is 10.6. The first-order chi connectivity index (χ1) is 9.61. The molecule has 0 radical (unpaired) electrons. The fourth-order valence-corrected chi connectivity index (χ4v) is 4.15. The third kappa shape index (κ3) is 1.53. The summed E-state index contributed by atoms with van der Waals surface area (Å²) in [6.45, 7) is 0. The van der Waals surface area contributed by atoms with Gasteiger partial charge in [0.1, 0.15) is 10.6 Å². The highest BCUT2D eigenvalue weighted by Crippen LogP contribution is 2.48. The molecule has 0 saturated heterocycles. The molecule has 0 fully saturated rings. The van der Waals surface area contributed by atoms with Gasteiger partial charge in [0.15, 0.2) is 0 Å². The predicted molar refractivity (Wildman–Crippen MR) is 71.8 cm³/mol. The highest BCUT2D eigenvalue weighted by Gasteiger charge is 2.50. The van der Waals surface area contributed by atoms with Crippen LogP contribution < -0.4 is 4.74 Å². The molecule has 1 atom stereocenters. The molecule has 2 aromatic carbocycles. The van der Waals surface area contributed by atoms with Crippen LogP contribution in [0.5, 0.6) is 5.75 Å². The molecule has 1 unspecified atom stereocenters. The molecule has 0 saturated carbocycles. The minimum atomic E-state index is -3.80. The van der Waals surface area contributed by atoms with Gasteiger partial charge in [-0.1, -0.05) is 36.4 Å². The van der Waals surface area contributed by atoms with Crippen molar-refractivity contribution in [1.82, 2.24) is 0 Å². The van der Waals surface area contributed by atoms with Crippen molar-refractivity contribution in [1.29, 1.82) is 0 Å². The van der Waals surface area contributed by atoms with Gasteiger partial charge in [-0.2, -0.15) is 8.42 Å². The Morgan fingerprint density at radius 1 is 1.00 bits per heavy atom. The molecular weight excluding hydrogens is 276 g/mol. The molecule has 20 heavy (non-hydrogen) atoms. The Labute approximate surface area is 117 Å². The molecule has 1 spiro atoms. The minimum absolute atomic E-state index is 0.0926. The lowest BCUT2D eigenvalue weighted by molar-refractivity contribution is -0.125. The van der Waals surface area contributed by atoms with Crippen LogP contribution in [0.25, 0.3) is 0 Å². The van der Waals surface area contributed by atoms with Crippen LogP contribution in [0.3, 0.4) is 0 Å². The van der Waals surface area contributed by atoms with Gasteiger partial charge in [-0.15, -0.1) is 0 Å². The Morgan fingerprint density at radius 3 is 2.65 bits per heavy atom. The van der Waals surface area contributed by atoms with E-state index in [1.807, 2.05) is 24.3 Å². The van der Waals surface area contributed by atoms with Crippen molar-refractivity contribution in [2.75, 3.05) is 0 Å². The molecule has 0 bridgehead atoms. The third-order valence-corrected chi connectivity index (χ3v) is 5.15. The first kappa shape index (κ1) is 11.9. The smallest absolute Gasteiger partial charge is 0.304 e. The Kier molecular flexibility index (Phi) is 2.29. The highest BCUT2D eigenvalue weighted by atomic mass is 32.2. The van der Waals surface area contributed by atoms with Gasteiger partial charge < -0.3 is 4.74 Å². The molecule has 0 N–H and O–H groups in total. The van der Waals surface area contributed by atoms with Crippen LogP contribution in [-0.2, 0) is 26.5 Å². The molecule has 4 nitrogen and oxygen atoms in total. The maximum Gasteiger partial charge on any atom is 0.304 e. The summed E-state index contributed by atoms with van der Waals surface area (Å²) in [6, 6.07) is 14.2. The molecule has 1 heterocycles. The van der Waals surface area contributed by atoms with Gasteiger partial charge in [0.25, 0.3) is 5.79 Å². The number of hydrogen-bond donors (Lipinski definition) is 0. The normalized spacial score (nSPS) is 25.8. The van der Waals surface area contributed by atoms with Crippen molar-refractivity contribution in [2.24, 2.45) is 0 Å². The summed E-state index contributed by atoms with van der Waals surface area (Å²) < 4.78 is 36.0. The van der Waals surface area contributed by atoms with Crippen molar-refractivity contribution in [3.8, 4) is 5.75 Å². The monoisotopic (exact) mass is 288 g/mol. The molecule has 0 aromatic heterocycles. The number of hydrogen-bond acceptors (Lipinski definition) is 4. The topological polar surface area (TPSA) is 52.6 Å². The van der Waals surface area contributed by atoms with Gasteiger partial charge in [-0.3, -0.25) is 0 Å². The van der Waals surface area contributed by atoms with E-state index in [0.717, 1.165) is 17.5 Å². The van der Waals surface area contributed by atoms with E-state index in [1.165, 1.54) is 6.07 Å². The zero-order chi connectivity index (χ0) is 13.8. The second-order valence-corrected chi connectivity index (χ2v) is 6.51. The number of ether oxygens (including phenoxy) is 1. The second-order valence-electron chi connectivity index (χ2n) is 5.00. The summed E-state index contributed by atoms with van der Waals surface area (Å²) in [5.74, 6) is -0.848. The number of aryl methyl sites for hydroxylation is 1. The SMILES string of the molecule is O=S1(=O)OC2(CCc3ccccc32)Oc2ccccc21. The van der Waals surface area contributed by atoms with Crippen molar-refractivity contribution >= 4 is 10.1 Å². The van der Waals surface area contributed by atoms with E-state index in [9.17, 15) is 8.42 Å². The van der Waals surface area contributed by atoms with Gasteiger partial charge in [0.2, 0.25) is 0 Å². The molecule has 102 valence electrons. The molecule has 0 amide bonds. The summed E-state index contributed by atoms with van der Waals surface area (Å²) >= 11 is 0. The Balaban J connectivity index is 1.93. The van der Waals surface area contributed by atoms with Crippen LogP contribution in [-0.4, -0.2) is 8.42 Å². The number of para-hydroxylation sites is 1. The van der Waals surface area contributed by atoms with Gasteiger partial charge in [0.05, 0.1) is 0 Å². The Hall–Kier alpha value is -1.85. The van der Waals surface area contributed by atoms with Crippen molar-refractivity contribution < 1.29 is 17.3 Å². The number of fused-ring (bicyclic) bond motifs is 3. The molecule has 4 rings (SSSR count). The van der Waals surface area contributed by atoms with Crippen molar-refractivity contribution in [3.05, 3.63) is 59.7 Å². The zero-order valence-corrected chi connectivity index (χ0v) is 11.4. The standard InChI is InChI=1S/C15H12O4S/c16-20(17)14-8-4-3-7-13(14)18-15(19-20)10-9-11-5-1-2-6-12(11)15/h1-8H,9-10H2. The average Bonchev–Trinajstić information content (AvgIpc) is 2.77. The Bertz CT molecular complexity index is 797. The van der Waals surface area contributed by atoms with Crippen LogP contribution in [0.1, 0.15) is 17.5 Å². The fourth-order valence-electron chi connectivity index (χ4n) is 2.89. The summed E-state index contributed by atoms with van der Waals surface area (Å²) in [4.78, 5) is 0.0926. The lowest BCUT2D eigenvalue weighted by Gasteiger charge is -2.35. The van der Waals surface area contributed by atoms with E-state index >= 15 is 0 Å². The van der Waals surface area contributed by atoms with E-state index in [2.05, 4.69) is 0 Å². The molecule has 5 heteroatoms. The number of rotatable bonds is 0. The van der Waals surface area contributed by atoms with Crippen LogP contribution >= 0.6 is 0 Å². The van der Waals surface area contributed by atoms with E-state index in [1.54, 1.807) is 18.2 Å². The third-order valence-electron chi connectivity index (χ3n) is 3.79. The first-order valence-corrected chi connectivity index (χ1v) is 7.84. The summed E-state index contributed by atoms with van der Waals surface area (Å²) in [5.41, 5.74) is 1.88. The van der Waals surface area contributed by atoms with Gasteiger partial charge >= 0.3 is 10.1 Å². The van der Waals surface area contributed by atoms with E-state index in [0.29, 0.717) is 12.2 Å². The maximum absolute atomic E-state index is 12.3. The van der Waals surface area contributed by atoms with Crippen LogP contribution in [0.2, 0.25) is 0 Å². The second kappa shape index (κ2) is 3.84. The summed E-state index contributed by atoms with van der Waals surface area (Å²) in [7, 11) is -3.80. The highest BCUT2D eigenvalue weighted by molar-refractivity contribution is 7.87. The summed E-state index contributed by atoms with van der Waals surface area (Å²) in [5, 5.41) is 0. The van der Waals surface area contributed by atoms with Crippen LogP contribution in [0.15, 0.2) is 53.4 Å². The molecule has 2 aromatic rings. The average molecular weight is 288 g/mol. The lowest BCUT2D eigenvalue weighted by atomic mass is 10.1. The largest absolute Gasteiger partial charge is 0.455 e. The van der Waals surface area contributed by atoms with E-state index in [4.69, 9.17) is 8.92 Å². The molecule has 1 aliphatic heterocycles. The molecule has 2 aliphatic rings. The molecule has 1 aliphatic carbocycles.